The minimum absolute atomic E-state index is 0.577. The first-order valence-electron chi connectivity index (χ1n) is 19.3. The predicted octanol–water partition coefficient (Wildman–Crippen LogP) is 13.7. The minimum atomic E-state index is 0.577. The maximum atomic E-state index is 6.98. The summed E-state index contributed by atoms with van der Waals surface area (Å²) in [5.74, 6) is 1.77. The number of nitrogens with zero attached hydrogens (tertiary/aromatic N) is 4. The smallest absolute Gasteiger partial charge is 0.164 e. The Kier molecular flexibility index (Phi) is 7.13. The molecular formula is C52H30N4O2. The largest absolute Gasteiger partial charge is 0.456 e. The second-order valence-electron chi connectivity index (χ2n) is 14.6. The monoisotopic (exact) mass is 742 g/mol. The average Bonchev–Trinajstić information content (AvgIpc) is 3.87. The van der Waals surface area contributed by atoms with Crippen molar-refractivity contribution in [3.63, 3.8) is 0 Å². The molecule has 0 spiro atoms. The van der Waals surface area contributed by atoms with Gasteiger partial charge in [0.05, 0.1) is 11.2 Å². The molecule has 0 aliphatic heterocycles. The van der Waals surface area contributed by atoms with E-state index < -0.39 is 0 Å². The molecule has 0 atom stereocenters. The summed E-state index contributed by atoms with van der Waals surface area (Å²) < 4.78 is 13.2. The quantitative estimate of drug-likeness (QED) is 0.163. The maximum Gasteiger partial charge on any atom is 0.164 e. The molecule has 6 nitrogen and oxygen atoms in total. The van der Waals surface area contributed by atoms with E-state index in [9.17, 15) is 0 Å². The van der Waals surface area contributed by atoms with Crippen LogP contribution >= 0.6 is 0 Å². The van der Waals surface area contributed by atoms with Crippen molar-refractivity contribution in [1.82, 2.24) is 19.9 Å². The van der Waals surface area contributed by atoms with Gasteiger partial charge in [0.2, 0.25) is 0 Å². The van der Waals surface area contributed by atoms with E-state index in [1.807, 2.05) is 66.7 Å². The van der Waals surface area contributed by atoms with Crippen molar-refractivity contribution in [2.45, 2.75) is 0 Å². The molecule has 0 aliphatic rings. The standard InChI is InChI=1S/C52H30N4O2/c1-3-12-32(13-4-1)47-42-29-28-40-39-19-11-18-36(48(39)58-49(40)46(42)41-17-7-9-20-43(41)53-47)31-22-24-34(25-23-31)51-54-50(33-14-5-2-6-15-33)55-52(56-51)35-26-27-38-37-16-8-10-21-44(37)57-45(38)30-35/h1-30H. The first-order chi connectivity index (χ1) is 28.7. The molecule has 4 heterocycles. The number of aromatic nitrogens is 4. The summed E-state index contributed by atoms with van der Waals surface area (Å²) in [6, 6.07) is 62.1. The van der Waals surface area contributed by atoms with Gasteiger partial charge in [-0.3, -0.25) is 0 Å². The highest BCUT2D eigenvalue weighted by Crippen LogP contribution is 2.43. The highest BCUT2D eigenvalue weighted by molar-refractivity contribution is 6.25. The van der Waals surface area contributed by atoms with E-state index >= 15 is 0 Å². The summed E-state index contributed by atoms with van der Waals surface area (Å²) in [5, 5.41) is 7.48. The highest BCUT2D eigenvalue weighted by Gasteiger charge is 2.20. The van der Waals surface area contributed by atoms with Crippen LogP contribution in [0.2, 0.25) is 0 Å². The summed E-state index contributed by atoms with van der Waals surface area (Å²) in [7, 11) is 0. The van der Waals surface area contributed by atoms with Gasteiger partial charge in [-0.1, -0.05) is 152 Å². The van der Waals surface area contributed by atoms with Crippen molar-refractivity contribution in [3.8, 4) is 56.5 Å². The molecule has 58 heavy (non-hydrogen) atoms. The molecule has 0 unspecified atom stereocenters. The van der Waals surface area contributed by atoms with Crippen molar-refractivity contribution in [1.29, 1.82) is 0 Å². The van der Waals surface area contributed by atoms with Crippen LogP contribution < -0.4 is 0 Å². The lowest BCUT2D eigenvalue weighted by Gasteiger charge is -2.10. The summed E-state index contributed by atoms with van der Waals surface area (Å²) >= 11 is 0. The number of pyridine rings is 1. The van der Waals surface area contributed by atoms with Crippen molar-refractivity contribution in [2.24, 2.45) is 0 Å². The molecule has 0 amide bonds. The third kappa shape index (κ3) is 5.12. The van der Waals surface area contributed by atoms with Gasteiger partial charge in [0.1, 0.15) is 22.3 Å². The van der Waals surface area contributed by atoms with Gasteiger partial charge >= 0.3 is 0 Å². The second-order valence-corrected chi connectivity index (χ2v) is 14.6. The molecule has 0 N–H and O–H groups in total. The number of rotatable bonds is 5. The lowest BCUT2D eigenvalue weighted by Crippen LogP contribution is -2.00. The van der Waals surface area contributed by atoms with Gasteiger partial charge in [-0.05, 0) is 35.9 Å². The number of fused-ring (bicyclic) bond motifs is 10. The Bertz CT molecular complexity index is 3560. The van der Waals surface area contributed by atoms with E-state index in [0.29, 0.717) is 17.5 Å². The fourth-order valence-electron chi connectivity index (χ4n) is 8.35. The van der Waals surface area contributed by atoms with Crippen LogP contribution in [0.3, 0.4) is 0 Å². The van der Waals surface area contributed by atoms with Crippen LogP contribution in [-0.2, 0) is 0 Å². The first kappa shape index (κ1) is 32.3. The van der Waals surface area contributed by atoms with Crippen LogP contribution in [-0.4, -0.2) is 19.9 Å². The van der Waals surface area contributed by atoms with Crippen LogP contribution in [0.15, 0.2) is 191 Å². The lowest BCUT2D eigenvalue weighted by atomic mass is 9.97. The molecule has 0 saturated carbocycles. The number of para-hydroxylation sites is 3. The van der Waals surface area contributed by atoms with Gasteiger partial charge in [-0.15, -0.1) is 0 Å². The van der Waals surface area contributed by atoms with Crippen molar-refractivity contribution in [3.05, 3.63) is 182 Å². The van der Waals surface area contributed by atoms with Crippen LogP contribution in [0.5, 0.6) is 0 Å². The summed E-state index contributed by atoms with van der Waals surface area (Å²) in [6.07, 6.45) is 0. The molecule has 12 aromatic rings. The Morgan fingerprint density at radius 3 is 1.66 bits per heavy atom. The van der Waals surface area contributed by atoms with Gasteiger partial charge in [0.15, 0.2) is 17.5 Å². The van der Waals surface area contributed by atoms with Gasteiger partial charge in [-0.25, -0.2) is 19.9 Å². The molecule has 0 bridgehead atoms. The zero-order chi connectivity index (χ0) is 38.2. The Labute approximate surface area is 331 Å². The summed E-state index contributed by atoms with van der Waals surface area (Å²) in [5.41, 5.74) is 11.0. The molecule has 0 aliphatic carbocycles. The molecule has 0 saturated heterocycles. The van der Waals surface area contributed by atoms with E-state index in [1.165, 1.54) is 0 Å². The highest BCUT2D eigenvalue weighted by atomic mass is 16.3. The van der Waals surface area contributed by atoms with Crippen LogP contribution in [0.4, 0.5) is 0 Å². The van der Waals surface area contributed by atoms with Gasteiger partial charge in [0, 0.05) is 65.5 Å². The molecular weight excluding hydrogens is 713 g/mol. The summed E-state index contributed by atoms with van der Waals surface area (Å²) in [4.78, 5) is 20.1. The summed E-state index contributed by atoms with van der Waals surface area (Å²) in [6.45, 7) is 0. The van der Waals surface area contributed by atoms with Crippen molar-refractivity contribution >= 4 is 65.6 Å². The maximum absolute atomic E-state index is 6.98. The third-order valence-electron chi connectivity index (χ3n) is 11.1. The molecule has 4 aromatic heterocycles. The molecule has 0 radical (unpaired) electrons. The topological polar surface area (TPSA) is 77.8 Å². The fraction of sp³-hybridized carbons (Fsp3) is 0. The molecule has 270 valence electrons. The average molecular weight is 743 g/mol. The number of hydrogen-bond acceptors (Lipinski definition) is 6. The molecule has 6 heteroatoms. The lowest BCUT2D eigenvalue weighted by molar-refractivity contribution is 0.669. The first-order valence-corrected chi connectivity index (χ1v) is 19.3. The van der Waals surface area contributed by atoms with Crippen LogP contribution in [0, 0.1) is 0 Å². The zero-order valence-electron chi connectivity index (χ0n) is 30.9. The predicted molar refractivity (Wildman–Crippen MR) is 234 cm³/mol. The van der Waals surface area contributed by atoms with E-state index in [2.05, 4.69) is 115 Å². The van der Waals surface area contributed by atoms with E-state index in [0.717, 1.165) is 105 Å². The van der Waals surface area contributed by atoms with Crippen LogP contribution in [0.1, 0.15) is 0 Å². The third-order valence-corrected chi connectivity index (χ3v) is 11.1. The number of furan rings is 2. The SMILES string of the molecule is c1ccc(-c2nc(-c3ccc(-c4cccc5c4oc4c5ccc5c(-c6ccccc6)nc6ccccc6c54)cc3)nc(-c3ccc4c(c3)oc3ccccc34)n2)cc1. The molecule has 0 fully saturated rings. The van der Waals surface area contributed by atoms with E-state index in [1.54, 1.807) is 0 Å². The minimum Gasteiger partial charge on any atom is -0.456 e. The second kappa shape index (κ2) is 12.8. The normalized spacial score (nSPS) is 11.8. The van der Waals surface area contributed by atoms with Gasteiger partial charge in [-0.2, -0.15) is 0 Å². The van der Waals surface area contributed by atoms with Crippen molar-refractivity contribution in [2.75, 3.05) is 0 Å². The molecule has 12 rings (SSSR count). The Balaban J connectivity index is 0.987. The Hall–Kier alpha value is -7.96. The van der Waals surface area contributed by atoms with Crippen LogP contribution in [0.25, 0.3) is 122 Å². The zero-order valence-corrected chi connectivity index (χ0v) is 30.9. The number of hydrogen-bond donors (Lipinski definition) is 0. The van der Waals surface area contributed by atoms with E-state index in [4.69, 9.17) is 28.8 Å². The molecule has 8 aromatic carbocycles. The Morgan fingerprint density at radius 1 is 0.310 bits per heavy atom. The van der Waals surface area contributed by atoms with Gasteiger partial charge in [0.25, 0.3) is 0 Å². The number of benzene rings is 8. The van der Waals surface area contributed by atoms with E-state index in [-0.39, 0.29) is 0 Å². The Morgan fingerprint density at radius 2 is 0.862 bits per heavy atom. The van der Waals surface area contributed by atoms with Gasteiger partial charge < -0.3 is 8.83 Å². The fourth-order valence-corrected chi connectivity index (χ4v) is 8.35. The van der Waals surface area contributed by atoms with Crippen molar-refractivity contribution < 1.29 is 8.83 Å².